The van der Waals surface area contributed by atoms with Gasteiger partial charge in [0.05, 0.1) is 20.3 Å². The fourth-order valence-electron chi connectivity index (χ4n) is 6.09. The molecule has 2 aliphatic rings. The van der Waals surface area contributed by atoms with Crippen LogP contribution >= 0.6 is 0 Å². The normalized spacial score (nSPS) is 19.0. The van der Waals surface area contributed by atoms with E-state index in [0.29, 0.717) is 32.1 Å². The molecular formula is C35H44N2O5. The Morgan fingerprint density at radius 1 is 0.929 bits per heavy atom. The summed E-state index contributed by atoms with van der Waals surface area (Å²) in [6, 6.07) is 16.5. The summed E-state index contributed by atoms with van der Waals surface area (Å²) in [5, 5.41) is 3.28. The van der Waals surface area contributed by atoms with Gasteiger partial charge in [-0.1, -0.05) is 30.3 Å². The lowest BCUT2D eigenvalue weighted by Crippen LogP contribution is -2.34. The first-order valence-electron chi connectivity index (χ1n) is 15.0. The molecule has 5 rings (SSSR count). The molecule has 0 bridgehead atoms. The van der Waals surface area contributed by atoms with Gasteiger partial charge in [0.1, 0.15) is 29.9 Å². The number of ether oxygens (including phenoxy) is 4. The highest BCUT2D eigenvalue weighted by Crippen LogP contribution is 2.35. The van der Waals surface area contributed by atoms with Gasteiger partial charge in [-0.3, -0.25) is 4.79 Å². The zero-order valence-corrected chi connectivity index (χ0v) is 25.6. The van der Waals surface area contributed by atoms with Crippen LogP contribution in [0.5, 0.6) is 17.2 Å². The molecule has 1 N–H and O–H groups in total. The molecule has 0 saturated carbocycles. The van der Waals surface area contributed by atoms with Crippen molar-refractivity contribution < 1.29 is 23.7 Å². The molecule has 3 aromatic carbocycles. The zero-order valence-electron chi connectivity index (χ0n) is 25.6. The summed E-state index contributed by atoms with van der Waals surface area (Å²) < 4.78 is 23.5. The minimum Gasteiger partial charge on any atom is -0.496 e. The number of piperidine rings is 1. The fourth-order valence-corrected chi connectivity index (χ4v) is 6.09. The standard InChI is InChI=1S/C35H44N2O5/c1-23-17-28(19-36-31-14-16-40-35(31)38)34(39-5)18-33(23)42-22-27-10-6-11-29(24(27)2)30-12-7-13-32(25(30)3)41-21-26-9-8-15-37(4)20-26/h6-7,10-13,17-18,26,31,36H,8-9,14-16,19-22H2,1-5H3/t26?,31-/m1/s1. The highest BCUT2D eigenvalue weighted by molar-refractivity contribution is 5.77. The van der Waals surface area contributed by atoms with Crippen LogP contribution in [0.4, 0.5) is 0 Å². The second kappa shape index (κ2) is 13.6. The Morgan fingerprint density at radius 2 is 1.71 bits per heavy atom. The third kappa shape index (κ3) is 6.90. The minimum absolute atomic E-state index is 0.190. The topological polar surface area (TPSA) is 69.3 Å². The first kappa shape index (κ1) is 29.9. The Bertz CT molecular complexity index is 1400. The van der Waals surface area contributed by atoms with Gasteiger partial charge in [0.2, 0.25) is 0 Å². The van der Waals surface area contributed by atoms with Crippen LogP contribution in [-0.2, 0) is 22.7 Å². The molecule has 0 spiro atoms. The molecule has 224 valence electrons. The highest BCUT2D eigenvalue weighted by atomic mass is 16.5. The third-order valence-electron chi connectivity index (χ3n) is 8.65. The molecule has 7 heteroatoms. The van der Waals surface area contributed by atoms with E-state index in [1.54, 1.807) is 7.11 Å². The van der Waals surface area contributed by atoms with E-state index in [1.165, 1.54) is 41.6 Å². The maximum absolute atomic E-state index is 11.8. The van der Waals surface area contributed by atoms with Crippen LogP contribution in [0.3, 0.4) is 0 Å². The van der Waals surface area contributed by atoms with E-state index < -0.39 is 0 Å². The molecule has 3 aromatic rings. The lowest BCUT2D eigenvalue weighted by Gasteiger charge is -2.29. The summed E-state index contributed by atoms with van der Waals surface area (Å²) >= 11 is 0. The van der Waals surface area contributed by atoms with Crippen LogP contribution in [-0.4, -0.2) is 57.4 Å². The molecule has 0 radical (unpaired) electrons. The number of nitrogens with zero attached hydrogens (tertiary/aromatic N) is 1. The van der Waals surface area contributed by atoms with Crippen molar-refractivity contribution in [2.24, 2.45) is 5.92 Å². The minimum atomic E-state index is -0.268. The van der Waals surface area contributed by atoms with E-state index in [9.17, 15) is 4.79 Å². The molecule has 2 atom stereocenters. The van der Waals surface area contributed by atoms with Crippen LogP contribution in [0.2, 0.25) is 0 Å². The van der Waals surface area contributed by atoms with Crippen molar-refractivity contribution in [3.8, 4) is 28.4 Å². The van der Waals surface area contributed by atoms with E-state index in [1.807, 2.05) is 13.0 Å². The van der Waals surface area contributed by atoms with Gasteiger partial charge in [0, 0.05) is 37.1 Å². The highest BCUT2D eigenvalue weighted by Gasteiger charge is 2.26. The lowest BCUT2D eigenvalue weighted by molar-refractivity contribution is -0.139. The van der Waals surface area contributed by atoms with Crippen molar-refractivity contribution in [1.29, 1.82) is 0 Å². The Labute approximate surface area is 250 Å². The van der Waals surface area contributed by atoms with Gasteiger partial charge >= 0.3 is 5.97 Å². The summed E-state index contributed by atoms with van der Waals surface area (Å²) in [6.45, 7) is 10.8. The van der Waals surface area contributed by atoms with Crippen molar-refractivity contribution in [2.75, 3.05) is 40.5 Å². The number of carbonyl (C=O) groups excluding carboxylic acids is 1. The molecule has 1 unspecified atom stereocenters. The number of likely N-dealkylation sites (tertiary alicyclic amines) is 1. The largest absolute Gasteiger partial charge is 0.496 e. The summed E-state index contributed by atoms with van der Waals surface area (Å²) in [6.07, 6.45) is 3.16. The predicted molar refractivity (Wildman–Crippen MR) is 165 cm³/mol. The Kier molecular flexibility index (Phi) is 9.70. The van der Waals surface area contributed by atoms with Crippen LogP contribution in [0.1, 0.15) is 47.1 Å². The molecule has 2 aliphatic heterocycles. The van der Waals surface area contributed by atoms with E-state index in [0.717, 1.165) is 47.1 Å². The number of aryl methyl sites for hydroxylation is 1. The van der Waals surface area contributed by atoms with Crippen molar-refractivity contribution >= 4 is 5.97 Å². The van der Waals surface area contributed by atoms with Crippen LogP contribution in [0, 0.1) is 26.7 Å². The molecule has 0 aromatic heterocycles. The molecule has 0 aliphatic carbocycles. The van der Waals surface area contributed by atoms with Gasteiger partial charge in [-0.05, 0) is 92.7 Å². The lowest BCUT2D eigenvalue weighted by atomic mass is 9.93. The summed E-state index contributed by atoms with van der Waals surface area (Å²) in [4.78, 5) is 14.2. The van der Waals surface area contributed by atoms with Gasteiger partial charge < -0.3 is 29.2 Å². The molecule has 42 heavy (non-hydrogen) atoms. The van der Waals surface area contributed by atoms with E-state index in [2.05, 4.69) is 73.6 Å². The van der Waals surface area contributed by atoms with Crippen molar-refractivity contribution in [1.82, 2.24) is 10.2 Å². The number of carbonyl (C=O) groups is 1. The number of rotatable bonds is 11. The van der Waals surface area contributed by atoms with Gasteiger partial charge in [0.15, 0.2) is 0 Å². The number of hydrogen-bond acceptors (Lipinski definition) is 7. The SMILES string of the molecule is COc1cc(OCc2cccc(-c3cccc(OCC4CCCN(C)C4)c3C)c2C)c(C)cc1CN[C@@H]1CCOC1=O. The smallest absolute Gasteiger partial charge is 0.323 e. The monoisotopic (exact) mass is 572 g/mol. The van der Waals surface area contributed by atoms with Crippen molar-refractivity contribution in [2.45, 2.75) is 59.2 Å². The first-order chi connectivity index (χ1) is 20.3. The molecule has 0 amide bonds. The van der Waals surface area contributed by atoms with Crippen molar-refractivity contribution in [3.63, 3.8) is 0 Å². The van der Waals surface area contributed by atoms with Gasteiger partial charge in [-0.25, -0.2) is 0 Å². The second-order valence-electron chi connectivity index (χ2n) is 11.7. The van der Waals surface area contributed by atoms with E-state index in [-0.39, 0.29) is 12.0 Å². The molecule has 2 fully saturated rings. The number of esters is 1. The van der Waals surface area contributed by atoms with Crippen LogP contribution < -0.4 is 19.5 Å². The molecular weight excluding hydrogens is 528 g/mol. The third-order valence-corrected chi connectivity index (χ3v) is 8.65. The van der Waals surface area contributed by atoms with Gasteiger partial charge in [-0.2, -0.15) is 0 Å². The fraction of sp³-hybridized carbons (Fsp3) is 0.457. The summed E-state index contributed by atoms with van der Waals surface area (Å²) in [7, 11) is 3.85. The Balaban J connectivity index is 1.27. The first-order valence-corrected chi connectivity index (χ1v) is 15.0. The van der Waals surface area contributed by atoms with Gasteiger partial charge in [-0.15, -0.1) is 0 Å². The quantitative estimate of drug-likeness (QED) is 0.283. The number of hydrogen-bond donors (Lipinski definition) is 1. The zero-order chi connectivity index (χ0) is 29.6. The summed E-state index contributed by atoms with van der Waals surface area (Å²) in [5.41, 5.74) is 7.87. The maximum atomic E-state index is 11.8. The Hall–Kier alpha value is -3.55. The average Bonchev–Trinajstić information content (AvgIpc) is 3.40. The van der Waals surface area contributed by atoms with Crippen LogP contribution in [0.25, 0.3) is 11.1 Å². The van der Waals surface area contributed by atoms with E-state index >= 15 is 0 Å². The predicted octanol–water partition coefficient (Wildman–Crippen LogP) is 5.99. The molecule has 2 heterocycles. The number of methoxy groups -OCH3 is 1. The number of cyclic esters (lactones) is 1. The Morgan fingerprint density at radius 3 is 2.45 bits per heavy atom. The number of benzene rings is 3. The van der Waals surface area contributed by atoms with Crippen LogP contribution in [0.15, 0.2) is 48.5 Å². The van der Waals surface area contributed by atoms with Crippen molar-refractivity contribution in [3.05, 3.63) is 76.3 Å². The van der Waals surface area contributed by atoms with Gasteiger partial charge in [0.25, 0.3) is 0 Å². The summed E-state index contributed by atoms with van der Waals surface area (Å²) in [5.74, 6) is 2.86. The maximum Gasteiger partial charge on any atom is 0.323 e. The van der Waals surface area contributed by atoms with E-state index in [4.69, 9.17) is 18.9 Å². The molecule has 7 nitrogen and oxygen atoms in total. The number of nitrogens with one attached hydrogen (secondary N) is 1. The molecule has 2 saturated heterocycles. The average molecular weight is 573 g/mol. The second-order valence-corrected chi connectivity index (χ2v) is 11.7.